The van der Waals surface area contributed by atoms with Gasteiger partial charge in [0.15, 0.2) is 0 Å². The molecule has 3 aromatic rings. The molecule has 2 aliphatic rings. The fourth-order valence-electron chi connectivity index (χ4n) is 4.94. The molecule has 8 heteroatoms. The number of morpholine rings is 1. The lowest BCUT2D eigenvalue weighted by Gasteiger charge is -2.33. The second kappa shape index (κ2) is 10.3. The summed E-state index contributed by atoms with van der Waals surface area (Å²) in [7, 11) is 0. The monoisotopic (exact) mass is 495 g/mol. The third-order valence-corrected chi connectivity index (χ3v) is 6.85. The van der Waals surface area contributed by atoms with E-state index in [1.807, 2.05) is 41.3 Å². The minimum absolute atomic E-state index is 0.0103. The van der Waals surface area contributed by atoms with Crippen LogP contribution in [0.5, 0.6) is 0 Å². The number of piperidine rings is 1. The van der Waals surface area contributed by atoms with Gasteiger partial charge in [-0.3, -0.25) is 9.78 Å². The van der Waals surface area contributed by atoms with E-state index in [9.17, 15) is 18.0 Å². The zero-order chi connectivity index (χ0) is 25.1. The number of carbonyl (C=O) groups excluding carboxylic acids is 1. The molecule has 5 nitrogen and oxygen atoms in total. The molecule has 0 N–H and O–H groups in total. The second-order valence-corrected chi connectivity index (χ2v) is 9.27. The van der Waals surface area contributed by atoms with Crippen LogP contribution in [0.4, 0.5) is 18.9 Å². The highest BCUT2D eigenvalue weighted by Gasteiger charge is 2.31. The molecule has 1 atom stereocenters. The number of hydrogen-bond acceptors (Lipinski definition) is 4. The lowest BCUT2D eigenvalue weighted by molar-refractivity contribution is -0.137. The Hall–Kier alpha value is -3.39. The Morgan fingerprint density at radius 3 is 2.53 bits per heavy atom. The highest BCUT2D eigenvalue weighted by Crippen LogP contribution is 2.33. The molecule has 2 saturated heterocycles. The number of nitrogens with zero attached hydrogens (tertiary/aromatic N) is 3. The molecule has 1 amide bonds. The lowest BCUT2D eigenvalue weighted by Crippen LogP contribution is -2.39. The van der Waals surface area contributed by atoms with Crippen LogP contribution < -0.4 is 4.90 Å². The second-order valence-electron chi connectivity index (χ2n) is 9.27. The first-order chi connectivity index (χ1) is 17.4. The van der Waals surface area contributed by atoms with E-state index < -0.39 is 11.7 Å². The number of carbonyl (C=O) groups is 1. The van der Waals surface area contributed by atoms with Gasteiger partial charge in [-0.05, 0) is 55.3 Å². The normalized spacial score (nSPS) is 18.8. The summed E-state index contributed by atoms with van der Waals surface area (Å²) in [6.45, 7) is 4.16. The maximum absolute atomic E-state index is 13.4. The van der Waals surface area contributed by atoms with Gasteiger partial charge < -0.3 is 14.5 Å². The van der Waals surface area contributed by atoms with Crippen molar-refractivity contribution in [1.82, 2.24) is 9.88 Å². The topological polar surface area (TPSA) is 45.7 Å². The summed E-state index contributed by atoms with van der Waals surface area (Å²) in [6.07, 6.45) is -2.69. The number of hydrogen-bond donors (Lipinski definition) is 0. The Morgan fingerprint density at radius 2 is 1.72 bits per heavy atom. The summed E-state index contributed by atoms with van der Waals surface area (Å²) in [5, 5.41) is 0. The van der Waals surface area contributed by atoms with Gasteiger partial charge in [-0.1, -0.05) is 24.3 Å². The van der Waals surface area contributed by atoms with Crippen molar-refractivity contribution in [3.05, 3.63) is 83.6 Å². The van der Waals surface area contributed by atoms with Crippen LogP contribution in [0.2, 0.25) is 0 Å². The van der Waals surface area contributed by atoms with Crippen molar-refractivity contribution in [2.24, 2.45) is 0 Å². The Morgan fingerprint density at radius 1 is 0.944 bits per heavy atom. The van der Waals surface area contributed by atoms with E-state index >= 15 is 0 Å². The van der Waals surface area contributed by atoms with Gasteiger partial charge >= 0.3 is 6.18 Å². The van der Waals surface area contributed by atoms with Crippen molar-refractivity contribution < 1.29 is 22.7 Å². The lowest BCUT2D eigenvalue weighted by atomic mass is 9.93. The largest absolute Gasteiger partial charge is 0.416 e. The first kappa shape index (κ1) is 24.3. The number of amides is 1. The molecule has 1 aromatic heterocycles. The van der Waals surface area contributed by atoms with Crippen molar-refractivity contribution in [2.75, 3.05) is 44.3 Å². The molecule has 2 aromatic carbocycles. The van der Waals surface area contributed by atoms with Crippen LogP contribution in [0.15, 0.2) is 66.7 Å². The summed E-state index contributed by atoms with van der Waals surface area (Å²) in [6, 6.07) is 18.4. The first-order valence-corrected chi connectivity index (χ1v) is 12.2. The molecule has 0 bridgehead atoms. The minimum Gasteiger partial charge on any atom is -0.378 e. The molecular weight excluding hydrogens is 467 g/mol. The molecule has 36 heavy (non-hydrogen) atoms. The van der Waals surface area contributed by atoms with Crippen LogP contribution >= 0.6 is 0 Å². The fourth-order valence-corrected chi connectivity index (χ4v) is 4.94. The predicted molar refractivity (Wildman–Crippen MR) is 132 cm³/mol. The van der Waals surface area contributed by atoms with E-state index in [0.29, 0.717) is 43.1 Å². The van der Waals surface area contributed by atoms with Gasteiger partial charge in [0, 0.05) is 54.6 Å². The molecule has 188 valence electrons. The van der Waals surface area contributed by atoms with E-state index in [2.05, 4.69) is 4.90 Å². The van der Waals surface area contributed by atoms with Gasteiger partial charge in [-0.2, -0.15) is 13.2 Å². The van der Waals surface area contributed by atoms with Crippen LogP contribution in [-0.4, -0.2) is 55.2 Å². The molecule has 3 heterocycles. The average molecular weight is 496 g/mol. The molecule has 0 aliphatic carbocycles. The van der Waals surface area contributed by atoms with Gasteiger partial charge in [-0.25, -0.2) is 0 Å². The number of pyridine rings is 1. The molecule has 2 fully saturated rings. The van der Waals surface area contributed by atoms with E-state index in [0.717, 1.165) is 49.4 Å². The molecule has 0 spiro atoms. The zero-order valence-electron chi connectivity index (χ0n) is 19.9. The Labute approximate surface area is 208 Å². The van der Waals surface area contributed by atoms with E-state index in [1.54, 1.807) is 12.1 Å². The van der Waals surface area contributed by atoms with Crippen LogP contribution in [-0.2, 0) is 10.9 Å². The number of aromatic nitrogens is 1. The summed E-state index contributed by atoms with van der Waals surface area (Å²) in [5.41, 5.74) is 2.71. The third kappa shape index (κ3) is 5.38. The number of likely N-dealkylation sites (tertiary alicyclic amines) is 1. The summed E-state index contributed by atoms with van der Waals surface area (Å²) >= 11 is 0. The average Bonchev–Trinajstić information content (AvgIpc) is 2.93. The van der Waals surface area contributed by atoms with Crippen LogP contribution in [0, 0.1) is 0 Å². The highest BCUT2D eigenvalue weighted by atomic mass is 19.4. The number of benzene rings is 2. The maximum Gasteiger partial charge on any atom is 0.416 e. The number of rotatable bonds is 4. The zero-order valence-corrected chi connectivity index (χ0v) is 19.9. The Kier molecular flexibility index (Phi) is 6.96. The van der Waals surface area contributed by atoms with Gasteiger partial charge in [0.2, 0.25) is 0 Å². The standard InChI is InChI=1S/C28H28F3N3O2/c29-28(30,31)23-8-1-5-20(17-23)25-10-3-11-26(32-25)22-7-4-12-34(19-22)27(35)21-6-2-9-24(18-21)33-13-15-36-16-14-33/h1-3,5-6,8-11,17-18,22H,4,7,12-16,19H2/t22-/m0/s1. The molecular formula is C28H28F3N3O2. The van der Waals surface area contributed by atoms with E-state index in [1.165, 1.54) is 6.07 Å². The number of alkyl halides is 3. The van der Waals surface area contributed by atoms with Crippen LogP contribution in [0.3, 0.4) is 0 Å². The van der Waals surface area contributed by atoms with Crippen molar-refractivity contribution in [3.63, 3.8) is 0 Å². The molecule has 0 saturated carbocycles. The number of anilines is 1. The van der Waals surface area contributed by atoms with E-state index in [-0.39, 0.29) is 11.8 Å². The summed E-state index contributed by atoms with van der Waals surface area (Å²) in [5.74, 6) is 0.0136. The van der Waals surface area contributed by atoms with Crippen molar-refractivity contribution in [3.8, 4) is 11.3 Å². The highest BCUT2D eigenvalue weighted by molar-refractivity contribution is 5.95. The smallest absolute Gasteiger partial charge is 0.378 e. The summed E-state index contributed by atoms with van der Waals surface area (Å²) < 4.78 is 45.0. The van der Waals surface area contributed by atoms with Gasteiger partial charge in [-0.15, -0.1) is 0 Å². The van der Waals surface area contributed by atoms with Crippen molar-refractivity contribution in [1.29, 1.82) is 0 Å². The fraction of sp³-hybridized carbons (Fsp3) is 0.357. The van der Waals surface area contributed by atoms with Gasteiger partial charge in [0.25, 0.3) is 5.91 Å². The minimum atomic E-state index is -4.41. The third-order valence-electron chi connectivity index (χ3n) is 6.85. The predicted octanol–water partition coefficient (Wildman–Crippen LogP) is 5.62. The molecule has 0 radical (unpaired) electrons. The van der Waals surface area contributed by atoms with Gasteiger partial charge in [0.05, 0.1) is 24.5 Å². The van der Waals surface area contributed by atoms with Crippen LogP contribution in [0.1, 0.15) is 40.4 Å². The van der Waals surface area contributed by atoms with Gasteiger partial charge in [0.1, 0.15) is 0 Å². The Bertz CT molecular complexity index is 1220. The molecule has 0 unspecified atom stereocenters. The van der Waals surface area contributed by atoms with Crippen LogP contribution in [0.25, 0.3) is 11.3 Å². The van der Waals surface area contributed by atoms with E-state index in [4.69, 9.17) is 9.72 Å². The Balaban J connectivity index is 1.32. The maximum atomic E-state index is 13.4. The van der Waals surface area contributed by atoms with Crippen molar-refractivity contribution >= 4 is 11.6 Å². The van der Waals surface area contributed by atoms with Crippen molar-refractivity contribution in [2.45, 2.75) is 24.9 Å². The molecule has 2 aliphatic heterocycles. The summed E-state index contributed by atoms with van der Waals surface area (Å²) in [4.78, 5) is 22.2. The molecule has 5 rings (SSSR count). The first-order valence-electron chi connectivity index (χ1n) is 12.2. The number of ether oxygens (including phenoxy) is 1. The number of halogens is 3. The quantitative estimate of drug-likeness (QED) is 0.471. The SMILES string of the molecule is O=C(c1cccc(N2CCOCC2)c1)N1CCC[C@H](c2cccc(-c3cccc(C(F)(F)F)c3)n2)C1.